The van der Waals surface area contributed by atoms with Crippen LogP contribution in [-0.4, -0.2) is 30.2 Å². The molecule has 0 saturated carbocycles. The van der Waals surface area contributed by atoms with Crippen LogP contribution >= 0.6 is 0 Å². The molecular formula is C13H13N3O. The van der Waals surface area contributed by atoms with Gasteiger partial charge in [0.1, 0.15) is 12.3 Å². The summed E-state index contributed by atoms with van der Waals surface area (Å²) in [6.45, 7) is 1.55. The third-order valence-electron chi connectivity index (χ3n) is 2.84. The third kappa shape index (κ3) is 1.82. The van der Waals surface area contributed by atoms with E-state index in [9.17, 15) is 0 Å². The lowest BCUT2D eigenvalue weighted by Crippen LogP contribution is -2.29. The van der Waals surface area contributed by atoms with Gasteiger partial charge < -0.3 is 9.64 Å². The molecule has 2 aromatic rings. The van der Waals surface area contributed by atoms with Crippen LogP contribution in [0.2, 0.25) is 0 Å². The van der Waals surface area contributed by atoms with Gasteiger partial charge >= 0.3 is 0 Å². The monoisotopic (exact) mass is 227 g/mol. The fraction of sp³-hybridized carbons (Fsp3) is 0.231. The van der Waals surface area contributed by atoms with Crippen LogP contribution in [0.4, 0.5) is 5.69 Å². The number of benzene rings is 1. The molecule has 0 bridgehead atoms. The minimum atomic E-state index is 0.674. The lowest BCUT2D eigenvalue weighted by molar-refractivity contribution is 0.298. The number of hydrogen-bond donors (Lipinski definition) is 0. The molecule has 1 aliphatic heterocycles. The largest absolute Gasteiger partial charge is 0.474 e. The van der Waals surface area contributed by atoms with Gasteiger partial charge in [-0.3, -0.25) is 0 Å². The van der Waals surface area contributed by atoms with Crippen molar-refractivity contribution in [2.75, 3.05) is 25.1 Å². The summed E-state index contributed by atoms with van der Waals surface area (Å²) in [4.78, 5) is 10.9. The Morgan fingerprint density at radius 2 is 2.06 bits per heavy atom. The molecule has 0 aliphatic carbocycles. The van der Waals surface area contributed by atoms with Crippen molar-refractivity contribution in [2.45, 2.75) is 0 Å². The van der Waals surface area contributed by atoms with Crippen molar-refractivity contribution >= 4 is 5.69 Å². The number of nitrogens with zero attached hydrogens (tertiary/aromatic N) is 3. The van der Waals surface area contributed by atoms with Crippen molar-refractivity contribution < 1.29 is 4.74 Å². The van der Waals surface area contributed by atoms with Crippen LogP contribution in [0, 0.1) is 0 Å². The summed E-state index contributed by atoms with van der Waals surface area (Å²) >= 11 is 0. The molecule has 0 N–H and O–H groups in total. The molecular weight excluding hydrogens is 214 g/mol. The van der Waals surface area contributed by atoms with Crippen LogP contribution in [0.15, 0.2) is 36.5 Å². The lowest BCUT2D eigenvalue weighted by Gasteiger charge is -2.26. The van der Waals surface area contributed by atoms with E-state index in [-0.39, 0.29) is 0 Å². The molecule has 4 heteroatoms. The summed E-state index contributed by atoms with van der Waals surface area (Å²) in [6.07, 6.45) is 1.82. The van der Waals surface area contributed by atoms with Gasteiger partial charge in [-0.1, -0.05) is 30.3 Å². The highest BCUT2D eigenvalue weighted by Crippen LogP contribution is 2.29. The Balaban J connectivity index is 2.04. The first-order valence-electron chi connectivity index (χ1n) is 5.61. The van der Waals surface area contributed by atoms with E-state index in [0.29, 0.717) is 18.3 Å². The maximum atomic E-state index is 5.56. The molecule has 2 heterocycles. The molecule has 86 valence electrons. The molecule has 0 unspecified atom stereocenters. The Bertz CT molecular complexity index is 527. The summed E-state index contributed by atoms with van der Waals surface area (Å²) in [5.74, 6) is 1.38. The highest BCUT2D eigenvalue weighted by Gasteiger charge is 2.17. The van der Waals surface area contributed by atoms with E-state index in [1.54, 1.807) is 0 Å². The number of anilines is 1. The van der Waals surface area contributed by atoms with Gasteiger partial charge in [-0.15, -0.1) is 0 Å². The smallest absolute Gasteiger partial charge is 0.241 e. The zero-order valence-electron chi connectivity index (χ0n) is 9.63. The zero-order valence-corrected chi connectivity index (χ0v) is 9.63. The van der Waals surface area contributed by atoms with Gasteiger partial charge in [0.25, 0.3) is 0 Å². The van der Waals surface area contributed by atoms with Crippen LogP contribution in [0.5, 0.6) is 5.88 Å². The van der Waals surface area contributed by atoms with Crippen LogP contribution in [0.1, 0.15) is 0 Å². The van der Waals surface area contributed by atoms with Crippen molar-refractivity contribution in [1.29, 1.82) is 0 Å². The Kier molecular flexibility index (Phi) is 2.40. The maximum absolute atomic E-state index is 5.56. The topological polar surface area (TPSA) is 38.2 Å². The minimum absolute atomic E-state index is 0.674. The number of hydrogen-bond acceptors (Lipinski definition) is 4. The Labute approximate surface area is 99.9 Å². The van der Waals surface area contributed by atoms with E-state index < -0.39 is 0 Å². The van der Waals surface area contributed by atoms with E-state index in [1.807, 2.05) is 43.6 Å². The quantitative estimate of drug-likeness (QED) is 0.746. The van der Waals surface area contributed by atoms with Crippen molar-refractivity contribution in [1.82, 2.24) is 9.97 Å². The molecule has 3 rings (SSSR count). The first-order chi connectivity index (χ1) is 8.34. The molecule has 0 atom stereocenters. The number of aromatic nitrogens is 2. The van der Waals surface area contributed by atoms with Crippen LogP contribution < -0.4 is 9.64 Å². The van der Waals surface area contributed by atoms with Gasteiger partial charge in [-0.2, -0.15) is 4.98 Å². The van der Waals surface area contributed by atoms with E-state index >= 15 is 0 Å². The highest BCUT2D eigenvalue weighted by atomic mass is 16.5. The maximum Gasteiger partial charge on any atom is 0.241 e. The summed E-state index contributed by atoms with van der Waals surface area (Å²) in [7, 11) is 2.02. The molecule has 0 amide bonds. The Hall–Kier alpha value is -2.10. The second-order valence-corrected chi connectivity index (χ2v) is 4.02. The molecule has 1 aliphatic rings. The predicted molar refractivity (Wildman–Crippen MR) is 66.2 cm³/mol. The second-order valence-electron chi connectivity index (χ2n) is 4.02. The van der Waals surface area contributed by atoms with E-state index in [2.05, 4.69) is 14.9 Å². The summed E-state index contributed by atoms with van der Waals surface area (Å²) in [5.41, 5.74) is 1.96. The standard InChI is InChI=1S/C13H13N3O/c1-16-7-8-17-13-11(16)9-14-12(15-13)10-5-3-2-4-6-10/h2-6,9H,7-8H2,1H3. The molecule has 1 aromatic heterocycles. The second kappa shape index (κ2) is 4.05. The van der Waals surface area contributed by atoms with Gasteiger partial charge in [0.2, 0.25) is 5.88 Å². The first kappa shape index (κ1) is 10.1. The SMILES string of the molecule is CN1CCOc2nc(-c3ccccc3)ncc21. The lowest BCUT2D eigenvalue weighted by atomic mass is 10.2. The first-order valence-corrected chi connectivity index (χ1v) is 5.61. The van der Waals surface area contributed by atoms with Crippen molar-refractivity contribution in [3.63, 3.8) is 0 Å². The van der Waals surface area contributed by atoms with E-state index in [1.165, 1.54) is 0 Å². The van der Waals surface area contributed by atoms with Crippen molar-refractivity contribution in [3.05, 3.63) is 36.5 Å². The van der Waals surface area contributed by atoms with E-state index in [0.717, 1.165) is 17.8 Å². The van der Waals surface area contributed by atoms with Gasteiger partial charge in [0.15, 0.2) is 5.82 Å². The normalized spacial score (nSPS) is 14.1. The van der Waals surface area contributed by atoms with Crippen molar-refractivity contribution in [3.8, 4) is 17.3 Å². The van der Waals surface area contributed by atoms with Crippen LogP contribution in [0.25, 0.3) is 11.4 Å². The molecule has 4 nitrogen and oxygen atoms in total. The van der Waals surface area contributed by atoms with Crippen LogP contribution in [0.3, 0.4) is 0 Å². The molecule has 0 saturated heterocycles. The molecule has 0 spiro atoms. The molecule has 17 heavy (non-hydrogen) atoms. The summed E-state index contributed by atoms with van der Waals surface area (Å²) in [5, 5.41) is 0. The zero-order chi connectivity index (χ0) is 11.7. The molecule has 0 radical (unpaired) electrons. The predicted octanol–water partition coefficient (Wildman–Crippen LogP) is 1.97. The van der Waals surface area contributed by atoms with Crippen molar-refractivity contribution in [2.24, 2.45) is 0 Å². The number of ether oxygens (including phenoxy) is 1. The average molecular weight is 227 g/mol. The minimum Gasteiger partial charge on any atom is -0.474 e. The fourth-order valence-electron chi connectivity index (χ4n) is 1.85. The summed E-state index contributed by atoms with van der Waals surface area (Å²) < 4.78 is 5.56. The Morgan fingerprint density at radius 3 is 2.88 bits per heavy atom. The van der Waals surface area contributed by atoms with Gasteiger partial charge in [0, 0.05) is 12.6 Å². The number of likely N-dealkylation sites (N-methyl/N-ethyl adjacent to an activating group) is 1. The van der Waals surface area contributed by atoms with E-state index in [4.69, 9.17) is 4.74 Å². The highest BCUT2D eigenvalue weighted by molar-refractivity contribution is 5.61. The molecule has 0 fully saturated rings. The summed E-state index contributed by atoms with van der Waals surface area (Å²) in [6, 6.07) is 9.92. The van der Waals surface area contributed by atoms with Gasteiger partial charge in [-0.05, 0) is 0 Å². The van der Waals surface area contributed by atoms with Crippen LogP contribution in [-0.2, 0) is 0 Å². The Morgan fingerprint density at radius 1 is 1.24 bits per heavy atom. The average Bonchev–Trinajstić information content (AvgIpc) is 2.40. The number of rotatable bonds is 1. The number of fused-ring (bicyclic) bond motifs is 1. The fourth-order valence-corrected chi connectivity index (χ4v) is 1.85. The van der Waals surface area contributed by atoms with Gasteiger partial charge in [-0.25, -0.2) is 4.98 Å². The third-order valence-corrected chi connectivity index (χ3v) is 2.84. The molecule has 1 aromatic carbocycles. The van der Waals surface area contributed by atoms with Gasteiger partial charge in [0.05, 0.1) is 12.7 Å².